The number of fused-ring (bicyclic) bond motifs is 1. The molecular formula is C18H18N6O2. The van der Waals surface area contributed by atoms with E-state index in [2.05, 4.69) is 25.8 Å². The molecule has 0 amide bonds. The van der Waals surface area contributed by atoms with Crippen LogP contribution in [0.1, 0.15) is 17.0 Å². The first-order valence-corrected chi connectivity index (χ1v) is 8.17. The van der Waals surface area contributed by atoms with E-state index in [1.54, 1.807) is 18.0 Å². The predicted molar refractivity (Wildman–Crippen MR) is 96.1 cm³/mol. The molecule has 0 aliphatic rings. The fourth-order valence-corrected chi connectivity index (χ4v) is 2.75. The Morgan fingerprint density at radius 2 is 2.12 bits per heavy atom. The van der Waals surface area contributed by atoms with Crippen molar-refractivity contribution >= 4 is 11.3 Å². The maximum atomic E-state index is 5.47. The number of aryl methyl sites for hydroxylation is 1. The van der Waals surface area contributed by atoms with Gasteiger partial charge in [-0.2, -0.15) is 9.61 Å². The molecule has 132 valence electrons. The lowest BCUT2D eigenvalue weighted by Gasteiger charge is -2.10. The van der Waals surface area contributed by atoms with Crippen LogP contribution in [0.25, 0.3) is 17.0 Å². The van der Waals surface area contributed by atoms with E-state index in [-0.39, 0.29) is 0 Å². The van der Waals surface area contributed by atoms with Gasteiger partial charge in [0.05, 0.1) is 25.0 Å². The van der Waals surface area contributed by atoms with Crippen molar-refractivity contribution in [3.63, 3.8) is 0 Å². The van der Waals surface area contributed by atoms with Crippen LogP contribution in [0.15, 0.2) is 41.2 Å². The molecule has 0 radical (unpaired) electrons. The van der Waals surface area contributed by atoms with E-state index in [1.807, 2.05) is 44.2 Å². The fourth-order valence-electron chi connectivity index (χ4n) is 2.75. The fraction of sp³-hybridized carbons (Fsp3) is 0.222. The van der Waals surface area contributed by atoms with Crippen LogP contribution in [0.5, 0.6) is 5.75 Å². The van der Waals surface area contributed by atoms with Crippen LogP contribution in [0.2, 0.25) is 0 Å². The number of ether oxygens (including phenoxy) is 1. The Hall–Kier alpha value is -3.42. The summed E-state index contributed by atoms with van der Waals surface area (Å²) in [5.41, 5.74) is 5.22. The lowest BCUT2D eigenvalue weighted by molar-refractivity contribution is 0.412. The zero-order valence-corrected chi connectivity index (χ0v) is 14.7. The van der Waals surface area contributed by atoms with E-state index in [0.717, 1.165) is 34.0 Å². The number of hydrogen-bond donors (Lipinski definition) is 1. The number of nitrogens with one attached hydrogen (secondary N) is 1. The van der Waals surface area contributed by atoms with Gasteiger partial charge in [-0.05, 0) is 31.5 Å². The summed E-state index contributed by atoms with van der Waals surface area (Å²) >= 11 is 0. The first kappa shape index (κ1) is 16.1. The molecule has 0 spiro atoms. The van der Waals surface area contributed by atoms with Crippen LogP contribution in [0.3, 0.4) is 0 Å². The van der Waals surface area contributed by atoms with Crippen molar-refractivity contribution in [2.45, 2.75) is 20.4 Å². The molecule has 4 aromatic rings. The summed E-state index contributed by atoms with van der Waals surface area (Å²) in [4.78, 5) is 0. The Morgan fingerprint density at radius 3 is 2.96 bits per heavy atom. The smallest absolute Gasteiger partial charge is 0.200 e. The van der Waals surface area contributed by atoms with Crippen LogP contribution in [0, 0.1) is 13.8 Å². The van der Waals surface area contributed by atoms with Crippen LogP contribution >= 0.6 is 0 Å². The molecule has 4 rings (SSSR count). The average molecular weight is 350 g/mol. The molecule has 1 aromatic carbocycles. The van der Waals surface area contributed by atoms with Gasteiger partial charge in [-0.3, -0.25) is 0 Å². The van der Waals surface area contributed by atoms with Gasteiger partial charge in [-0.15, -0.1) is 10.2 Å². The highest BCUT2D eigenvalue weighted by molar-refractivity contribution is 5.71. The SMILES string of the molecule is COc1cccc(-c2cc(CNc3c(C)c(C)nn4cnnc34)no2)c1. The molecule has 3 aromatic heterocycles. The van der Waals surface area contributed by atoms with Gasteiger partial charge in [-0.25, -0.2) is 0 Å². The summed E-state index contributed by atoms with van der Waals surface area (Å²) in [5, 5.41) is 20.0. The van der Waals surface area contributed by atoms with Crippen molar-refractivity contribution in [2.75, 3.05) is 12.4 Å². The summed E-state index contributed by atoms with van der Waals surface area (Å²) in [6.45, 7) is 4.46. The van der Waals surface area contributed by atoms with Gasteiger partial charge in [0.2, 0.25) is 5.65 Å². The largest absolute Gasteiger partial charge is 0.497 e. The van der Waals surface area contributed by atoms with Crippen LogP contribution in [-0.4, -0.2) is 32.1 Å². The molecule has 26 heavy (non-hydrogen) atoms. The van der Waals surface area contributed by atoms with E-state index < -0.39 is 0 Å². The number of methoxy groups -OCH3 is 1. The number of hydrogen-bond acceptors (Lipinski definition) is 7. The van der Waals surface area contributed by atoms with E-state index in [4.69, 9.17) is 9.26 Å². The minimum atomic E-state index is 0.500. The third-order valence-electron chi connectivity index (χ3n) is 4.29. The summed E-state index contributed by atoms with van der Waals surface area (Å²) in [6.07, 6.45) is 1.59. The average Bonchev–Trinajstić information content (AvgIpc) is 3.31. The van der Waals surface area contributed by atoms with Gasteiger partial charge in [0.25, 0.3) is 0 Å². The third kappa shape index (κ3) is 2.85. The van der Waals surface area contributed by atoms with Crippen molar-refractivity contribution in [1.82, 2.24) is 25.0 Å². The van der Waals surface area contributed by atoms with Gasteiger partial charge in [0, 0.05) is 11.6 Å². The summed E-state index contributed by atoms with van der Waals surface area (Å²) in [5.74, 6) is 1.46. The standard InChI is InChI=1S/C18H18N6O2/c1-11-12(2)22-24-10-20-21-18(24)17(11)19-9-14-8-16(26-23-14)13-5-4-6-15(7-13)25-3/h4-8,10,19H,9H2,1-3H3. The maximum Gasteiger partial charge on any atom is 0.200 e. The van der Waals surface area contributed by atoms with E-state index in [9.17, 15) is 0 Å². The quantitative estimate of drug-likeness (QED) is 0.591. The van der Waals surface area contributed by atoms with Crippen molar-refractivity contribution < 1.29 is 9.26 Å². The zero-order valence-electron chi connectivity index (χ0n) is 14.7. The molecular weight excluding hydrogens is 332 g/mol. The van der Waals surface area contributed by atoms with Crippen LogP contribution in [0.4, 0.5) is 5.69 Å². The molecule has 0 aliphatic heterocycles. The minimum Gasteiger partial charge on any atom is -0.497 e. The van der Waals surface area contributed by atoms with Crippen molar-refractivity contribution in [1.29, 1.82) is 0 Å². The Labute approximate surface area is 149 Å². The van der Waals surface area contributed by atoms with Gasteiger partial charge in [0.1, 0.15) is 17.8 Å². The molecule has 0 bridgehead atoms. The van der Waals surface area contributed by atoms with Gasteiger partial charge < -0.3 is 14.6 Å². The van der Waals surface area contributed by atoms with Crippen molar-refractivity contribution in [3.05, 3.63) is 53.6 Å². The van der Waals surface area contributed by atoms with Crippen LogP contribution < -0.4 is 10.1 Å². The molecule has 0 saturated heterocycles. The van der Waals surface area contributed by atoms with E-state index >= 15 is 0 Å². The predicted octanol–water partition coefficient (Wildman–Crippen LogP) is 3.02. The maximum absolute atomic E-state index is 5.47. The highest BCUT2D eigenvalue weighted by Crippen LogP contribution is 2.26. The third-order valence-corrected chi connectivity index (χ3v) is 4.29. The molecule has 1 N–H and O–H groups in total. The lowest BCUT2D eigenvalue weighted by Crippen LogP contribution is -2.07. The molecule has 3 heterocycles. The second-order valence-electron chi connectivity index (χ2n) is 5.95. The molecule has 0 unspecified atom stereocenters. The second-order valence-corrected chi connectivity index (χ2v) is 5.95. The number of anilines is 1. The normalized spacial score (nSPS) is 11.0. The highest BCUT2D eigenvalue weighted by Gasteiger charge is 2.13. The Kier molecular flexibility index (Phi) is 4.00. The highest BCUT2D eigenvalue weighted by atomic mass is 16.5. The number of benzene rings is 1. The van der Waals surface area contributed by atoms with Gasteiger partial charge in [0.15, 0.2) is 5.76 Å². The minimum absolute atomic E-state index is 0.500. The molecule has 8 nitrogen and oxygen atoms in total. The second kappa shape index (κ2) is 6.47. The lowest BCUT2D eigenvalue weighted by atomic mass is 10.1. The summed E-state index contributed by atoms with van der Waals surface area (Å²) < 4.78 is 12.4. The Bertz CT molecular complexity index is 1070. The Balaban J connectivity index is 1.57. The first-order chi connectivity index (χ1) is 12.7. The van der Waals surface area contributed by atoms with E-state index in [1.165, 1.54) is 0 Å². The number of aromatic nitrogens is 5. The van der Waals surface area contributed by atoms with Crippen molar-refractivity contribution in [3.8, 4) is 17.1 Å². The van der Waals surface area contributed by atoms with Gasteiger partial charge in [-0.1, -0.05) is 17.3 Å². The molecule has 0 fully saturated rings. The molecule has 8 heteroatoms. The summed E-state index contributed by atoms with van der Waals surface area (Å²) in [6, 6.07) is 9.58. The first-order valence-electron chi connectivity index (χ1n) is 8.17. The van der Waals surface area contributed by atoms with Gasteiger partial charge >= 0.3 is 0 Å². The zero-order chi connectivity index (χ0) is 18.1. The number of nitrogens with zero attached hydrogens (tertiary/aromatic N) is 5. The number of rotatable bonds is 5. The topological polar surface area (TPSA) is 90.4 Å². The van der Waals surface area contributed by atoms with E-state index in [0.29, 0.717) is 18.0 Å². The molecule has 0 saturated carbocycles. The molecule has 0 atom stereocenters. The van der Waals surface area contributed by atoms with Crippen molar-refractivity contribution in [2.24, 2.45) is 0 Å². The Morgan fingerprint density at radius 1 is 1.23 bits per heavy atom. The summed E-state index contributed by atoms with van der Waals surface area (Å²) in [7, 11) is 1.64. The molecule has 0 aliphatic carbocycles. The monoisotopic (exact) mass is 350 g/mol. The van der Waals surface area contributed by atoms with Crippen LogP contribution in [-0.2, 0) is 6.54 Å².